The van der Waals surface area contributed by atoms with E-state index in [1.807, 2.05) is 0 Å². The minimum absolute atomic E-state index is 0.124. The second-order valence-electron chi connectivity index (χ2n) is 4.62. The third kappa shape index (κ3) is 1.77. The molecule has 0 fully saturated rings. The van der Waals surface area contributed by atoms with Gasteiger partial charge in [0.2, 0.25) is 0 Å². The molecule has 0 saturated carbocycles. The summed E-state index contributed by atoms with van der Waals surface area (Å²) < 4.78 is -0.247. The fourth-order valence-electron chi connectivity index (χ4n) is 2.35. The lowest BCUT2D eigenvalue weighted by Gasteiger charge is -2.21. The standard InChI is InChI=1S/C14H6Br2O6/c15-9-5(17)1-3-7(13(9)21)12(20)4-2-6(18)10(16)14(22)8(4)11(3)19/h1-2,17-18,21-22H. The average molecular weight is 430 g/mol. The molecule has 0 aromatic heterocycles. The van der Waals surface area contributed by atoms with E-state index in [2.05, 4.69) is 31.9 Å². The summed E-state index contributed by atoms with van der Waals surface area (Å²) in [5, 5.41) is 39.4. The lowest BCUT2D eigenvalue weighted by Crippen LogP contribution is -2.21. The minimum Gasteiger partial charge on any atom is -0.507 e. The molecule has 0 heterocycles. The fourth-order valence-corrected chi connectivity index (χ4v) is 2.97. The zero-order valence-corrected chi connectivity index (χ0v) is 13.7. The maximum Gasteiger partial charge on any atom is 0.198 e. The van der Waals surface area contributed by atoms with Gasteiger partial charge in [0.15, 0.2) is 11.6 Å². The van der Waals surface area contributed by atoms with Crippen LogP contribution >= 0.6 is 31.9 Å². The molecule has 0 bridgehead atoms. The van der Waals surface area contributed by atoms with Gasteiger partial charge in [0.25, 0.3) is 0 Å². The van der Waals surface area contributed by atoms with Crippen molar-refractivity contribution >= 4 is 43.4 Å². The van der Waals surface area contributed by atoms with E-state index in [0.717, 1.165) is 12.1 Å². The van der Waals surface area contributed by atoms with Gasteiger partial charge in [0.1, 0.15) is 31.9 Å². The Labute approximate surface area is 139 Å². The van der Waals surface area contributed by atoms with Gasteiger partial charge in [0, 0.05) is 11.1 Å². The van der Waals surface area contributed by atoms with Crippen molar-refractivity contribution in [3.8, 4) is 23.0 Å². The van der Waals surface area contributed by atoms with Gasteiger partial charge in [-0.1, -0.05) is 0 Å². The minimum atomic E-state index is -0.749. The molecule has 0 aliphatic heterocycles. The van der Waals surface area contributed by atoms with Crippen molar-refractivity contribution in [3.05, 3.63) is 43.3 Å². The third-order valence-corrected chi connectivity index (χ3v) is 4.95. The Kier molecular flexibility index (Phi) is 3.19. The van der Waals surface area contributed by atoms with E-state index in [-0.39, 0.29) is 31.2 Å². The average Bonchev–Trinajstić information content (AvgIpc) is 2.47. The molecule has 1 aliphatic rings. The quantitative estimate of drug-likeness (QED) is 0.436. The van der Waals surface area contributed by atoms with Gasteiger partial charge in [-0.05, 0) is 44.0 Å². The number of hydrogen-bond donors (Lipinski definition) is 4. The number of ketones is 2. The number of hydrogen-bond acceptors (Lipinski definition) is 6. The summed E-state index contributed by atoms with van der Waals surface area (Å²) in [4.78, 5) is 25.0. The molecular weight excluding hydrogens is 424 g/mol. The normalized spacial score (nSPS) is 13.0. The highest BCUT2D eigenvalue weighted by Gasteiger charge is 2.37. The van der Waals surface area contributed by atoms with Crippen molar-refractivity contribution < 1.29 is 30.0 Å². The maximum absolute atomic E-state index is 12.5. The summed E-state index contributed by atoms with van der Waals surface area (Å²) in [5.74, 6) is -3.50. The van der Waals surface area contributed by atoms with Crippen LogP contribution in [0, 0.1) is 0 Å². The molecule has 2 aromatic carbocycles. The van der Waals surface area contributed by atoms with Gasteiger partial charge >= 0.3 is 0 Å². The lowest BCUT2D eigenvalue weighted by molar-refractivity contribution is 0.0973. The fraction of sp³-hybridized carbons (Fsp3) is 0. The smallest absolute Gasteiger partial charge is 0.198 e. The predicted octanol–water partition coefficient (Wildman–Crippen LogP) is 2.81. The molecule has 0 amide bonds. The van der Waals surface area contributed by atoms with Crippen LogP contribution in [0.4, 0.5) is 0 Å². The number of fused-ring (bicyclic) bond motifs is 2. The first kappa shape index (κ1) is 14.9. The van der Waals surface area contributed by atoms with E-state index in [4.69, 9.17) is 0 Å². The van der Waals surface area contributed by atoms with E-state index >= 15 is 0 Å². The molecule has 0 radical (unpaired) electrons. The van der Waals surface area contributed by atoms with Gasteiger partial charge in [-0.25, -0.2) is 0 Å². The van der Waals surface area contributed by atoms with Gasteiger partial charge in [-0.15, -0.1) is 0 Å². The van der Waals surface area contributed by atoms with E-state index in [9.17, 15) is 30.0 Å². The number of carbonyl (C=O) groups excluding carboxylic acids is 2. The van der Waals surface area contributed by atoms with Crippen molar-refractivity contribution in [2.24, 2.45) is 0 Å². The summed E-state index contributed by atoms with van der Waals surface area (Å²) in [6, 6.07) is 2.06. The van der Waals surface area contributed by atoms with Crippen molar-refractivity contribution in [1.29, 1.82) is 0 Å². The molecule has 2 aromatic rings. The van der Waals surface area contributed by atoms with Crippen molar-refractivity contribution in [2.45, 2.75) is 0 Å². The van der Waals surface area contributed by atoms with Crippen molar-refractivity contribution in [3.63, 3.8) is 0 Å². The molecular formula is C14H6Br2O6. The Morgan fingerprint density at radius 2 is 1.00 bits per heavy atom. The molecule has 3 rings (SSSR count). The summed E-state index contributed by atoms with van der Waals surface area (Å²) in [6.07, 6.45) is 0. The zero-order chi connectivity index (χ0) is 16.3. The number of aromatic hydroxyl groups is 4. The van der Waals surface area contributed by atoms with Gasteiger partial charge < -0.3 is 20.4 Å². The molecule has 6 nitrogen and oxygen atoms in total. The van der Waals surface area contributed by atoms with Crippen LogP contribution in [0.5, 0.6) is 23.0 Å². The first-order valence-corrected chi connectivity index (χ1v) is 7.42. The SMILES string of the molecule is O=C1c2cc(O)c(Br)c(O)c2C(=O)c2cc(O)c(Br)c(O)c21. The molecule has 8 heteroatoms. The molecule has 4 N–H and O–H groups in total. The molecule has 112 valence electrons. The van der Waals surface area contributed by atoms with Crippen molar-refractivity contribution in [2.75, 3.05) is 0 Å². The molecule has 0 spiro atoms. The third-order valence-electron chi connectivity index (χ3n) is 3.38. The van der Waals surface area contributed by atoms with E-state index in [0.29, 0.717) is 0 Å². The van der Waals surface area contributed by atoms with Crippen LogP contribution in [0.15, 0.2) is 21.1 Å². The summed E-state index contributed by atoms with van der Waals surface area (Å²) in [6.45, 7) is 0. The summed E-state index contributed by atoms with van der Waals surface area (Å²) in [5.41, 5.74) is -1.07. The molecule has 0 saturated heterocycles. The van der Waals surface area contributed by atoms with Crippen LogP contribution in [0.2, 0.25) is 0 Å². The molecule has 0 unspecified atom stereocenters. The second-order valence-corrected chi connectivity index (χ2v) is 6.21. The Morgan fingerprint density at radius 3 is 1.32 bits per heavy atom. The number of benzene rings is 2. The van der Waals surface area contributed by atoms with E-state index in [1.165, 1.54) is 0 Å². The topological polar surface area (TPSA) is 115 Å². The number of phenols is 4. The Bertz CT molecular complexity index is 814. The largest absolute Gasteiger partial charge is 0.507 e. The Hall–Kier alpha value is -2.06. The molecule has 1 aliphatic carbocycles. The summed E-state index contributed by atoms with van der Waals surface area (Å²) in [7, 11) is 0. The highest BCUT2D eigenvalue weighted by Crippen LogP contribution is 2.46. The number of rotatable bonds is 0. The van der Waals surface area contributed by atoms with E-state index in [1.54, 1.807) is 0 Å². The highest BCUT2D eigenvalue weighted by molar-refractivity contribution is 9.11. The van der Waals surface area contributed by atoms with Gasteiger partial charge in [0.05, 0.1) is 11.1 Å². The van der Waals surface area contributed by atoms with Crippen LogP contribution in [-0.2, 0) is 0 Å². The highest BCUT2D eigenvalue weighted by atomic mass is 79.9. The predicted molar refractivity (Wildman–Crippen MR) is 81.8 cm³/mol. The van der Waals surface area contributed by atoms with Crippen LogP contribution in [-0.4, -0.2) is 32.0 Å². The number of halogens is 2. The zero-order valence-electron chi connectivity index (χ0n) is 10.5. The first-order chi connectivity index (χ1) is 10.3. The van der Waals surface area contributed by atoms with Crippen LogP contribution < -0.4 is 0 Å². The monoisotopic (exact) mass is 428 g/mol. The second kappa shape index (κ2) is 4.72. The molecule has 22 heavy (non-hydrogen) atoms. The lowest BCUT2D eigenvalue weighted by atomic mass is 9.83. The maximum atomic E-state index is 12.5. The van der Waals surface area contributed by atoms with Gasteiger partial charge in [-0.3, -0.25) is 9.59 Å². The Balaban J connectivity index is 2.43. The Morgan fingerprint density at radius 1 is 0.682 bits per heavy atom. The number of phenolic OH excluding ortho intramolecular Hbond substituents is 4. The molecule has 0 atom stereocenters. The van der Waals surface area contributed by atoms with Crippen LogP contribution in [0.3, 0.4) is 0 Å². The van der Waals surface area contributed by atoms with E-state index < -0.39 is 34.6 Å². The van der Waals surface area contributed by atoms with Crippen LogP contribution in [0.1, 0.15) is 31.8 Å². The van der Waals surface area contributed by atoms with Crippen LogP contribution in [0.25, 0.3) is 0 Å². The first-order valence-electron chi connectivity index (χ1n) is 5.84. The summed E-state index contributed by atoms with van der Waals surface area (Å²) >= 11 is 5.83. The number of carbonyl (C=O) groups is 2. The van der Waals surface area contributed by atoms with Crippen molar-refractivity contribution in [1.82, 2.24) is 0 Å². The van der Waals surface area contributed by atoms with Gasteiger partial charge in [-0.2, -0.15) is 0 Å².